The van der Waals surface area contributed by atoms with Crippen LogP contribution in [-0.4, -0.2) is 17.5 Å². The van der Waals surface area contributed by atoms with Crippen molar-refractivity contribution < 1.29 is 13.9 Å². The van der Waals surface area contributed by atoms with Crippen molar-refractivity contribution in [2.45, 2.75) is 13.8 Å². The number of nitrogens with zero attached hydrogens (tertiary/aromatic N) is 1. The molecule has 34 heavy (non-hydrogen) atoms. The molecule has 2 heterocycles. The second-order valence-corrected chi connectivity index (χ2v) is 8.01. The van der Waals surface area contributed by atoms with Gasteiger partial charge in [-0.2, -0.15) is 0 Å². The molecule has 0 fully saturated rings. The van der Waals surface area contributed by atoms with Gasteiger partial charge in [-0.3, -0.25) is 9.78 Å². The van der Waals surface area contributed by atoms with Crippen LogP contribution in [0.5, 0.6) is 5.75 Å². The quantitative estimate of drug-likeness (QED) is 0.282. The Morgan fingerprint density at radius 1 is 1.03 bits per heavy atom. The third kappa shape index (κ3) is 4.16. The van der Waals surface area contributed by atoms with Gasteiger partial charge in [-0.05, 0) is 54.0 Å². The number of rotatable bonds is 6. The molecule has 5 nitrogen and oxygen atoms in total. The lowest BCUT2D eigenvalue weighted by Gasteiger charge is -2.12. The van der Waals surface area contributed by atoms with Gasteiger partial charge < -0.3 is 14.5 Å². The predicted octanol–water partition coefficient (Wildman–Crippen LogP) is 7.09. The van der Waals surface area contributed by atoms with Crippen LogP contribution in [-0.2, 0) is 4.79 Å². The molecule has 5 rings (SSSR count). The van der Waals surface area contributed by atoms with Gasteiger partial charge in [0.2, 0.25) is 5.91 Å². The molecule has 0 atom stereocenters. The molecule has 0 saturated heterocycles. The highest BCUT2D eigenvalue weighted by atomic mass is 16.5. The van der Waals surface area contributed by atoms with Crippen LogP contribution in [0.4, 0.5) is 5.69 Å². The maximum Gasteiger partial charge on any atom is 0.248 e. The molecule has 1 N–H and O–H groups in total. The second kappa shape index (κ2) is 9.24. The lowest BCUT2D eigenvalue weighted by Crippen LogP contribution is -2.08. The van der Waals surface area contributed by atoms with E-state index in [0.717, 1.165) is 38.6 Å². The van der Waals surface area contributed by atoms with Gasteiger partial charge in [0.05, 0.1) is 24.8 Å². The molecule has 0 aliphatic carbocycles. The Kier molecular flexibility index (Phi) is 5.83. The van der Waals surface area contributed by atoms with Gasteiger partial charge in [0, 0.05) is 34.9 Å². The molecule has 5 heteroatoms. The maximum absolute atomic E-state index is 12.6. The first kappa shape index (κ1) is 21.5. The number of carbonyl (C=O) groups excluding carboxylic acids is 1. The summed E-state index contributed by atoms with van der Waals surface area (Å²) in [5.41, 5.74) is 5.12. The molecule has 1 amide bonds. The molecule has 2 aromatic heterocycles. The molecule has 0 saturated carbocycles. The average molecular weight is 449 g/mol. The largest absolute Gasteiger partial charge is 0.493 e. The van der Waals surface area contributed by atoms with Crippen LogP contribution in [0.25, 0.3) is 38.4 Å². The van der Waals surface area contributed by atoms with Gasteiger partial charge in [-0.25, -0.2) is 0 Å². The summed E-state index contributed by atoms with van der Waals surface area (Å²) < 4.78 is 11.9. The smallest absolute Gasteiger partial charge is 0.248 e. The van der Waals surface area contributed by atoms with E-state index < -0.39 is 0 Å². The Labute approximate surface area is 197 Å². The number of amides is 1. The number of benzene rings is 3. The highest BCUT2D eigenvalue weighted by molar-refractivity contribution is 6.07. The van der Waals surface area contributed by atoms with E-state index in [-0.39, 0.29) is 5.91 Å². The predicted molar refractivity (Wildman–Crippen MR) is 137 cm³/mol. The third-order valence-electron chi connectivity index (χ3n) is 5.76. The summed E-state index contributed by atoms with van der Waals surface area (Å²) in [5, 5.41) is 6.14. The Balaban J connectivity index is 1.60. The van der Waals surface area contributed by atoms with Crippen molar-refractivity contribution in [2.75, 3.05) is 11.9 Å². The molecule has 0 bridgehead atoms. The summed E-state index contributed by atoms with van der Waals surface area (Å²) in [4.78, 5) is 16.7. The fraction of sp³-hybridized carbons (Fsp3) is 0.103. The van der Waals surface area contributed by atoms with E-state index >= 15 is 0 Å². The Hall–Kier alpha value is -4.38. The monoisotopic (exact) mass is 448 g/mol. The molecular weight excluding hydrogens is 424 g/mol. The zero-order chi connectivity index (χ0) is 23.5. The molecule has 0 aliphatic heterocycles. The Morgan fingerprint density at radius 3 is 2.71 bits per heavy atom. The van der Waals surface area contributed by atoms with E-state index in [1.165, 1.54) is 5.39 Å². The topological polar surface area (TPSA) is 64.4 Å². The van der Waals surface area contributed by atoms with Crippen LogP contribution in [0.1, 0.15) is 19.4 Å². The standard InChI is InChI=1S/C29H24N2O3/c1-3-33-27-16-28-25(15-24(27)19(2)14-29(32)31-21-10-7-13-30-17-21)26(18-34-28)23-12-6-9-20-8-4-5-11-22(20)23/h4-18H,3H2,1-2H3,(H,31,32)/b19-14+. The number of hydrogen-bond donors (Lipinski definition) is 1. The van der Waals surface area contributed by atoms with Crippen LogP contribution >= 0.6 is 0 Å². The Morgan fingerprint density at radius 2 is 1.88 bits per heavy atom. The SMILES string of the molecule is CCOc1cc2occ(-c3cccc4ccccc34)c2cc1/C(C)=C/C(=O)Nc1cccnc1. The molecule has 0 radical (unpaired) electrons. The molecule has 3 aromatic carbocycles. The molecule has 168 valence electrons. The maximum atomic E-state index is 12.6. The molecule has 0 aliphatic rings. The van der Waals surface area contributed by atoms with Crippen molar-refractivity contribution in [3.05, 3.63) is 97.0 Å². The highest BCUT2D eigenvalue weighted by Gasteiger charge is 2.16. The number of pyridine rings is 1. The number of nitrogens with one attached hydrogen (secondary N) is 1. The summed E-state index contributed by atoms with van der Waals surface area (Å²) in [6, 6.07) is 22.1. The number of ether oxygens (including phenoxy) is 1. The first-order valence-corrected chi connectivity index (χ1v) is 11.2. The second-order valence-electron chi connectivity index (χ2n) is 8.01. The number of allylic oxidation sites excluding steroid dienone is 1. The van der Waals surface area contributed by atoms with Crippen LogP contribution in [0.15, 0.2) is 95.9 Å². The number of carbonyl (C=O) groups is 1. The number of anilines is 1. The fourth-order valence-electron chi connectivity index (χ4n) is 4.20. The van der Waals surface area contributed by atoms with Gasteiger partial charge >= 0.3 is 0 Å². The minimum atomic E-state index is -0.227. The minimum absolute atomic E-state index is 0.227. The van der Waals surface area contributed by atoms with Gasteiger partial charge in [0.25, 0.3) is 0 Å². The summed E-state index contributed by atoms with van der Waals surface area (Å²) in [5.74, 6) is 0.450. The third-order valence-corrected chi connectivity index (χ3v) is 5.76. The van der Waals surface area contributed by atoms with Crippen LogP contribution in [0, 0.1) is 0 Å². The lowest BCUT2D eigenvalue weighted by molar-refractivity contribution is -0.111. The van der Waals surface area contributed by atoms with Crippen molar-refractivity contribution >= 4 is 38.9 Å². The van der Waals surface area contributed by atoms with Gasteiger partial charge in [0.1, 0.15) is 11.3 Å². The van der Waals surface area contributed by atoms with Crippen LogP contribution < -0.4 is 10.1 Å². The number of furan rings is 1. The highest BCUT2D eigenvalue weighted by Crippen LogP contribution is 2.39. The van der Waals surface area contributed by atoms with Crippen LogP contribution in [0.3, 0.4) is 0 Å². The molecule has 5 aromatic rings. The van der Waals surface area contributed by atoms with Crippen molar-refractivity contribution in [1.82, 2.24) is 4.98 Å². The average Bonchev–Trinajstić information content (AvgIpc) is 3.26. The first-order valence-electron chi connectivity index (χ1n) is 11.2. The van der Waals surface area contributed by atoms with E-state index in [0.29, 0.717) is 18.0 Å². The Bertz CT molecular complexity index is 1510. The molecule has 0 unspecified atom stereocenters. The summed E-state index contributed by atoms with van der Waals surface area (Å²) in [6.07, 6.45) is 6.65. The van der Waals surface area contributed by atoms with Crippen molar-refractivity contribution in [3.63, 3.8) is 0 Å². The normalized spacial score (nSPS) is 11.6. The first-order chi connectivity index (χ1) is 16.6. The van der Waals surface area contributed by atoms with Gasteiger partial charge in [-0.15, -0.1) is 0 Å². The lowest BCUT2D eigenvalue weighted by atomic mass is 9.96. The number of hydrogen-bond acceptors (Lipinski definition) is 4. The number of fused-ring (bicyclic) bond motifs is 2. The van der Waals surface area contributed by atoms with Gasteiger partial charge in [-0.1, -0.05) is 42.5 Å². The van der Waals surface area contributed by atoms with Gasteiger partial charge in [0.15, 0.2) is 0 Å². The fourth-order valence-corrected chi connectivity index (χ4v) is 4.20. The molecular formula is C29H24N2O3. The summed E-state index contributed by atoms with van der Waals surface area (Å²) >= 11 is 0. The van der Waals surface area contributed by atoms with E-state index in [1.54, 1.807) is 36.9 Å². The van der Waals surface area contributed by atoms with Crippen molar-refractivity contribution in [3.8, 4) is 16.9 Å². The summed E-state index contributed by atoms with van der Waals surface area (Å²) in [6.45, 7) is 4.35. The zero-order valence-electron chi connectivity index (χ0n) is 19.0. The minimum Gasteiger partial charge on any atom is -0.493 e. The van der Waals surface area contributed by atoms with Crippen molar-refractivity contribution in [2.24, 2.45) is 0 Å². The molecule has 0 spiro atoms. The summed E-state index contributed by atoms with van der Waals surface area (Å²) in [7, 11) is 0. The van der Waals surface area contributed by atoms with Crippen LogP contribution in [0.2, 0.25) is 0 Å². The zero-order valence-corrected chi connectivity index (χ0v) is 19.0. The number of aromatic nitrogens is 1. The van der Waals surface area contributed by atoms with E-state index in [9.17, 15) is 4.79 Å². The van der Waals surface area contributed by atoms with E-state index in [1.807, 2.05) is 38.1 Å². The van der Waals surface area contributed by atoms with E-state index in [2.05, 4.69) is 40.6 Å². The van der Waals surface area contributed by atoms with Crippen molar-refractivity contribution in [1.29, 1.82) is 0 Å². The van der Waals surface area contributed by atoms with E-state index in [4.69, 9.17) is 9.15 Å².